The first-order valence-corrected chi connectivity index (χ1v) is 15.3. The van der Waals surface area contributed by atoms with E-state index in [1.54, 1.807) is 0 Å². The summed E-state index contributed by atoms with van der Waals surface area (Å²) in [6.45, 7) is 0. The maximum atomic E-state index is 16.1. The lowest BCUT2D eigenvalue weighted by Crippen LogP contribution is -2.26. The topological polar surface area (TPSA) is 17.1 Å². The minimum absolute atomic E-state index is 0.855. The largest absolute Gasteiger partial charge is 0.309 e. The first-order chi connectivity index (χ1) is 19.7. The van der Waals surface area contributed by atoms with Gasteiger partial charge in [-0.2, -0.15) is 0 Å². The van der Waals surface area contributed by atoms with Crippen LogP contribution >= 0.6 is 7.14 Å². The number of fused-ring (bicyclic) bond motifs is 8. The summed E-state index contributed by atoms with van der Waals surface area (Å²) in [4.78, 5) is 0. The van der Waals surface area contributed by atoms with E-state index in [4.69, 9.17) is 0 Å². The van der Waals surface area contributed by atoms with Crippen LogP contribution in [0.15, 0.2) is 152 Å². The molecule has 0 saturated heterocycles. The first-order valence-electron chi connectivity index (χ1n) is 13.6. The summed E-state index contributed by atoms with van der Waals surface area (Å²) < 4.78 is 16.1. The van der Waals surface area contributed by atoms with Gasteiger partial charge in [-0.3, -0.25) is 0 Å². The molecule has 8 rings (SSSR count). The van der Waals surface area contributed by atoms with E-state index in [2.05, 4.69) is 115 Å². The van der Waals surface area contributed by atoms with Gasteiger partial charge in [0.1, 0.15) is 0 Å². The summed E-state index contributed by atoms with van der Waals surface area (Å²) in [7, 11) is -3.31. The Balaban J connectivity index is 1.54. The standard InChI is InChI=1S/C38H25OP/c39-40(37-21-9-13-26-11-1-3-15-29(26)37,38-22-10-14-27-12-2-4-16-30(27)38)28-23-24-35-33-19-6-5-17-31(33)32-18-7-8-20-34(32)36(35)25-28/h1-25H. The molecule has 0 aromatic heterocycles. The molecule has 0 amide bonds. The van der Waals surface area contributed by atoms with Gasteiger partial charge in [0.05, 0.1) is 0 Å². The van der Waals surface area contributed by atoms with Crippen LogP contribution in [0.5, 0.6) is 0 Å². The van der Waals surface area contributed by atoms with Crippen molar-refractivity contribution in [3.8, 4) is 0 Å². The molecule has 188 valence electrons. The molecule has 0 fully saturated rings. The predicted octanol–water partition coefficient (Wildman–Crippen LogP) is 9.09. The van der Waals surface area contributed by atoms with Gasteiger partial charge in [0.25, 0.3) is 0 Å². The van der Waals surface area contributed by atoms with Crippen molar-refractivity contribution in [2.75, 3.05) is 0 Å². The highest BCUT2D eigenvalue weighted by molar-refractivity contribution is 7.86. The molecule has 0 radical (unpaired) electrons. The van der Waals surface area contributed by atoms with E-state index in [1.807, 2.05) is 36.4 Å². The fourth-order valence-corrected chi connectivity index (χ4v) is 9.55. The summed E-state index contributed by atoms with van der Waals surface area (Å²) in [6, 6.07) is 52.7. The Labute approximate surface area is 232 Å². The van der Waals surface area contributed by atoms with Crippen molar-refractivity contribution in [2.24, 2.45) is 0 Å². The molecule has 0 spiro atoms. The Morgan fingerprint density at radius 2 is 0.700 bits per heavy atom. The van der Waals surface area contributed by atoms with E-state index in [9.17, 15) is 0 Å². The van der Waals surface area contributed by atoms with E-state index in [0.717, 1.165) is 42.8 Å². The summed E-state index contributed by atoms with van der Waals surface area (Å²) in [5.41, 5.74) is 0. The highest BCUT2D eigenvalue weighted by Gasteiger charge is 2.33. The van der Waals surface area contributed by atoms with Gasteiger partial charge in [-0.05, 0) is 59.9 Å². The highest BCUT2D eigenvalue weighted by Crippen LogP contribution is 2.47. The van der Waals surface area contributed by atoms with Crippen LogP contribution in [0, 0.1) is 0 Å². The summed E-state index contributed by atoms with van der Waals surface area (Å²) in [5, 5.41) is 14.0. The van der Waals surface area contributed by atoms with Crippen molar-refractivity contribution < 1.29 is 4.57 Å². The molecule has 8 aromatic carbocycles. The van der Waals surface area contributed by atoms with Crippen molar-refractivity contribution in [1.29, 1.82) is 0 Å². The zero-order chi connectivity index (χ0) is 26.7. The lowest BCUT2D eigenvalue weighted by Gasteiger charge is -2.24. The van der Waals surface area contributed by atoms with Crippen molar-refractivity contribution in [1.82, 2.24) is 0 Å². The van der Waals surface area contributed by atoms with Gasteiger partial charge in [0.2, 0.25) is 0 Å². The van der Waals surface area contributed by atoms with Gasteiger partial charge in [-0.25, -0.2) is 0 Å². The SMILES string of the molecule is O=P(c1ccc2c3ccccc3c3ccccc3c2c1)(c1cccc2ccccc12)c1cccc2ccccc12. The molecule has 8 aromatic rings. The van der Waals surface area contributed by atoms with Crippen LogP contribution in [0.1, 0.15) is 0 Å². The molecule has 0 aliphatic carbocycles. The lowest BCUT2D eigenvalue weighted by atomic mass is 9.94. The van der Waals surface area contributed by atoms with E-state index in [0.29, 0.717) is 0 Å². The normalized spacial score (nSPS) is 12.1. The Bertz CT molecular complexity index is 2190. The first kappa shape index (κ1) is 23.2. The number of benzene rings is 8. The third-order valence-corrected chi connectivity index (χ3v) is 11.4. The average Bonchev–Trinajstić information content (AvgIpc) is 3.04. The fraction of sp³-hybridized carbons (Fsp3) is 0. The van der Waals surface area contributed by atoms with Crippen LogP contribution in [0.3, 0.4) is 0 Å². The molecule has 0 unspecified atom stereocenters. The monoisotopic (exact) mass is 528 g/mol. The number of hydrogen-bond acceptors (Lipinski definition) is 1. The zero-order valence-electron chi connectivity index (χ0n) is 21.8. The highest BCUT2D eigenvalue weighted by atomic mass is 31.2. The Morgan fingerprint density at radius 3 is 1.20 bits per heavy atom. The van der Waals surface area contributed by atoms with Crippen LogP contribution in [0.4, 0.5) is 0 Å². The Hall–Kier alpha value is -4.71. The molecule has 0 N–H and O–H groups in total. The maximum Gasteiger partial charge on any atom is 0.172 e. The van der Waals surface area contributed by atoms with Crippen LogP contribution in [-0.4, -0.2) is 0 Å². The molecular weight excluding hydrogens is 503 g/mol. The van der Waals surface area contributed by atoms with E-state index in [-0.39, 0.29) is 0 Å². The van der Waals surface area contributed by atoms with Crippen molar-refractivity contribution in [2.45, 2.75) is 0 Å². The average molecular weight is 529 g/mol. The molecule has 2 heteroatoms. The van der Waals surface area contributed by atoms with Crippen LogP contribution in [-0.2, 0) is 4.57 Å². The summed E-state index contributed by atoms with van der Waals surface area (Å²) >= 11 is 0. The van der Waals surface area contributed by atoms with Crippen LogP contribution < -0.4 is 15.9 Å². The van der Waals surface area contributed by atoms with Gasteiger partial charge in [-0.15, -0.1) is 0 Å². The minimum atomic E-state index is -3.31. The quantitative estimate of drug-likeness (QED) is 0.165. The predicted molar refractivity (Wildman–Crippen MR) is 173 cm³/mol. The second-order valence-corrected chi connectivity index (χ2v) is 13.1. The summed E-state index contributed by atoms with van der Waals surface area (Å²) in [5.74, 6) is 0. The second kappa shape index (κ2) is 8.91. The molecule has 40 heavy (non-hydrogen) atoms. The number of hydrogen-bond donors (Lipinski definition) is 0. The van der Waals surface area contributed by atoms with E-state index in [1.165, 1.54) is 26.9 Å². The van der Waals surface area contributed by atoms with Crippen molar-refractivity contribution >= 4 is 76.9 Å². The van der Waals surface area contributed by atoms with Crippen molar-refractivity contribution in [3.05, 3.63) is 152 Å². The Kier molecular flexibility index (Phi) is 5.17. The molecule has 0 aliphatic heterocycles. The van der Waals surface area contributed by atoms with Gasteiger partial charge < -0.3 is 4.57 Å². The third-order valence-electron chi connectivity index (χ3n) is 8.30. The summed E-state index contributed by atoms with van der Waals surface area (Å²) in [6.07, 6.45) is 0. The molecule has 0 aliphatic rings. The molecule has 0 atom stereocenters. The molecular formula is C38H25OP. The zero-order valence-corrected chi connectivity index (χ0v) is 22.7. The molecule has 1 nitrogen and oxygen atoms in total. The third kappa shape index (κ3) is 3.32. The van der Waals surface area contributed by atoms with E-state index < -0.39 is 7.14 Å². The second-order valence-electron chi connectivity index (χ2n) is 10.4. The van der Waals surface area contributed by atoms with Gasteiger partial charge in [0.15, 0.2) is 7.14 Å². The van der Waals surface area contributed by atoms with Gasteiger partial charge in [0, 0.05) is 15.9 Å². The molecule has 0 bridgehead atoms. The van der Waals surface area contributed by atoms with Crippen LogP contribution in [0.25, 0.3) is 53.9 Å². The fourth-order valence-electron chi connectivity index (χ4n) is 6.47. The Morgan fingerprint density at radius 1 is 0.325 bits per heavy atom. The maximum absolute atomic E-state index is 16.1. The lowest BCUT2D eigenvalue weighted by molar-refractivity contribution is 0.593. The van der Waals surface area contributed by atoms with Gasteiger partial charge >= 0.3 is 0 Å². The number of rotatable bonds is 3. The van der Waals surface area contributed by atoms with Gasteiger partial charge in [-0.1, -0.05) is 146 Å². The smallest absolute Gasteiger partial charge is 0.172 e. The molecule has 0 heterocycles. The minimum Gasteiger partial charge on any atom is -0.309 e. The van der Waals surface area contributed by atoms with Crippen molar-refractivity contribution in [3.63, 3.8) is 0 Å². The van der Waals surface area contributed by atoms with E-state index >= 15 is 4.57 Å². The van der Waals surface area contributed by atoms with Crippen LogP contribution in [0.2, 0.25) is 0 Å². The molecule has 0 saturated carbocycles.